The van der Waals surface area contributed by atoms with Crippen LogP contribution in [0, 0.1) is 11.8 Å². The van der Waals surface area contributed by atoms with Gasteiger partial charge in [0.1, 0.15) is 11.6 Å². The number of aliphatic hydroxyl groups is 1. The van der Waals surface area contributed by atoms with Gasteiger partial charge in [-0.15, -0.1) is 0 Å². The van der Waals surface area contributed by atoms with Crippen LogP contribution in [0.2, 0.25) is 0 Å². The standard InChI is InChI=1S/C17H31NO5/c1-7-8-12-13(19)9-18(16(21)23-17(4,5)6)14(12)15(20)22-10-11(2)3/h11-14,19H,7-10H2,1-6H3. The fourth-order valence-corrected chi connectivity index (χ4v) is 2.72. The monoisotopic (exact) mass is 329 g/mol. The van der Waals surface area contributed by atoms with Crippen molar-refractivity contribution in [2.75, 3.05) is 13.2 Å². The zero-order valence-electron chi connectivity index (χ0n) is 15.2. The van der Waals surface area contributed by atoms with Gasteiger partial charge in [0.15, 0.2) is 0 Å². The first-order chi connectivity index (χ1) is 10.6. The van der Waals surface area contributed by atoms with E-state index >= 15 is 0 Å². The molecule has 0 aromatic rings. The van der Waals surface area contributed by atoms with Crippen molar-refractivity contribution < 1.29 is 24.2 Å². The highest BCUT2D eigenvalue weighted by Gasteiger charge is 2.48. The van der Waals surface area contributed by atoms with E-state index in [0.29, 0.717) is 13.0 Å². The number of aliphatic hydroxyl groups excluding tert-OH is 1. The average Bonchev–Trinajstić information content (AvgIpc) is 2.72. The molecular formula is C17H31NO5. The molecule has 0 bridgehead atoms. The molecule has 6 nitrogen and oxygen atoms in total. The lowest BCUT2D eigenvalue weighted by Gasteiger charge is -2.29. The number of carbonyl (C=O) groups is 2. The van der Waals surface area contributed by atoms with Crippen LogP contribution in [-0.4, -0.2) is 53.0 Å². The molecule has 1 fully saturated rings. The van der Waals surface area contributed by atoms with Gasteiger partial charge in [-0.05, 0) is 33.1 Å². The topological polar surface area (TPSA) is 76.1 Å². The highest BCUT2D eigenvalue weighted by atomic mass is 16.6. The van der Waals surface area contributed by atoms with Crippen LogP contribution in [0.25, 0.3) is 0 Å². The molecule has 1 saturated heterocycles. The molecule has 1 aliphatic rings. The Morgan fingerprint density at radius 3 is 2.39 bits per heavy atom. The Kier molecular flexibility index (Phi) is 6.86. The fraction of sp³-hybridized carbons (Fsp3) is 0.882. The summed E-state index contributed by atoms with van der Waals surface area (Å²) in [6.45, 7) is 11.6. The van der Waals surface area contributed by atoms with Gasteiger partial charge < -0.3 is 14.6 Å². The summed E-state index contributed by atoms with van der Waals surface area (Å²) < 4.78 is 10.7. The number of esters is 1. The van der Waals surface area contributed by atoms with Gasteiger partial charge in [0.25, 0.3) is 0 Å². The second-order valence-corrected chi connectivity index (χ2v) is 7.62. The Morgan fingerprint density at radius 2 is 1.91 bits per heavy atom. The van der Waals surface area contributed by atoms with Crippen molar-refractivity contribution in [1.29, 1.82) is 0 Å². The third-order valence-electron chi connectivity index (χ3n) is 3.67. The molecule has 0 aliphatic carbocycles. The van der Waals surface area contributed by atoms with Crippen LogP contribution in [-0.2, 0) is 14.3 Å². The number of ether oxygens (including phenoxy) is 2. The van der Waals surface area contributed by atoms with Gasteiger partial charge in [0.05, 0.1) is 19.3 Å². The van der Waals surface area contributed by atoms with Crippen LogP contribution in [0.15, 0.2) is 0 Å². The molecule has 23 heavy (non-hydrogen) atoms. The van der Waals surface area contributed by atoms with E-state index in [1.54, 1.807) is 20.8 Å². The number of nitrogens with zero attached hydrogens (tertiary/aromatic N) is 1. The fourth-order valence-electron chi connectivity index (χ4n) is 2.72. The predicted octanol–water partition coefficient (Wildman–Crippen LogP) is 2.58. The molecule has 3 atom stereocenters. The SMILES string of the molecule is CCCC1C(O)CN(C(=O)OC(C)(C)C)C1C(=O)OCC(C)C. The molecular weight excluding hydrogens is 298 g/mol. The molecule has 0 saturated carbocycles. The van der Waals surface area contributed by atoms with E-state index in [2.05, 4.69) is 0 Å². The molecule has 6 heteroatoms. The first-order valence-corrected chi connectivity index (χ1v) is 8.41. The Balaban J connectivity index is 2.93. The van der Waals surface area contributed by atoms with Crippen LogP contribution in [0.4, 0.5) is 4.79 Å². The summed E-state index contributed by atoms with van der Waals surface area (Å²) >= 11 is 0. The molecule has 1 aliphatic heterocycles. The maximum Gasteiger partial charge on any atom is 0.411 e. The van der Waals surface area contributed by atoms with Crippen LogP contribution in [0.3, 0.4) is 0 Å². The number of rotatable bonds is 5. The van der Waals surface area contributed by atoms with E-state index in [0.717, 1.165) is 6.42 Å². The Labute approximate surface area is 139 Å². The van der Waals surface area contributed by atoms with Crippen molar-refractivity contribution >= 4 is 12.1 Å². The maximum absolute atomic E-state index is 12.5. The first-order valence-electron chi connectivity index (χ1n) is 8.41. The van der Waals surface area contributed by atoms with E-state index in [1.165, 1.54) is 4.90 Å². The van der Waals surface area contributed by atoms with Gasteiger partial charge in [0, 0.05) is 5.92 Å². The summed E-state index contributed by atoms with van der Waals surface area (Å²) in [6.07, 6.45) is 0.153. The minimum Gasteiger partial charge on any atom is -0.464 e. The second kappa shape index (κ2) is 7.99. The number of likely N-dealkylation sites (tertiary alicyclic amines) is 1. The van der Waals surface area contributed by atoms with Crippen molar-refractivity contribution in [2.45, 2.75) is 72.1 Å². The lowest BCUT2D eigenvalue weighted by molar-refractivity contribution is -0.151. The van der Waals surface area contributed by atoms with Gasteiger partial charge in [0.2, 0.25) is 0 Å². The Morgan fingerprint density at radius 1 is 1.30 bits per heavy atom. The van der Waals surface area contributed by atoms with E-state index in [-0.39, 0.29) is 18.4 Å². The third-order valence-corrected chi connectivity index (χ3v) is 3.67. The van der Waals surface area contributed by atoms with E-state index in [9.17, 15) is 14.7 Å². The van der Waals surface area contributed by atoms with E-state index in [4.69, 9.17) is 9.47 Å². The van der Waals surface area contributed by atoms with Crippen LogP contribution >= 0.6 is 0 Å². The molecule has 0 spiro atoms. The number of amides is 1. The maximum atomic E-state index is 12.5. The molecule has 0 aromatic carbocycles. The van der Waals surface area contributed by atoms with Gasteiger partial charge in [-0.1, -0.05) is 27.2 Å². The van der Waals surface area contributed by atoms with Crippen molar-refractivity contribution in [3.8, 4) is 0 Å². The van der Waals surface area contributed by atoms with E-state index in [1.807, 2.05) is 20.8 Å². The van der Waals surface area contributed by atoms with Gasteiger partial charge in [-0.3, -0.25) is 4.90 Å². The number of hydrogen-bond donors (Lipinski definition) is 1. The smallest absolute Gasteiger partial charge is 0.411 e. The molecule has 1 rings (SSSR count). The van der Waals surface area contributed by atoms with Crippen LogP contribution < -0.4 is 0 Å². The largest absolute Gasteiger partial charge is 0.464 e. The minimum atomic E-state index is -0.779. The molecule has 3 unspecified atom stereocenters. The lowest BCUT2D eigenvalue weighted by atomic mass is 9.93. The number of hydrogen-bond acceptors (Lipinski definition) is 5. The molecule has 1 N–H and O–H groups in total. The Hall–Kier alpha value is -1.30. The average molecular weight is 329 g/mol. The Bertz CT molecular complexity index is 416. The lowest BCUT2D eigenvalue weighted by Crippen LogP contribution is -2.46. The van der Waals surface area contributed by atoms with Crippen molar-refractivity contribution in [2.24, 2.45) is 11.8 Å². The van der Waals surface area contributed by atoms with Crippen LogP contribution in [0.5, 0.6) is 0 Å². The second-order valence-electron chi connectivity index (χ2n) is 7.62. The van der Waals surface area contributed by atoms with Gasteiger partial charge >= 0.3 is 12.1 Å². The molecule has 1 amide bonds. The van der Waals surface area contributed by atoms with E-state index < -0.39 is 29.8 Å². The molecule has 134 valence electrons. The van der Waals surface area contributed by atoms with Crippen molar-refractivity contribution in [1.82, 2.24) is 4.90 Å². The summed E-state index contributed by atoms with van der Waals surface area (Å²) in [6, 6.07) is -0.779. The minimum absolute atomic E-state index is 0.0982. The van der Waals surface area contributed by atoms with Crippen LogP contribution in [0.1, 0.15) is 54.4 Å². The number of carbonyl (C=O) groups excluding carboxylic acids is 2. The number of β-amino-alcohol motifs (C(OH)–C–C–N with tert-alkyl or cyclic N) is 1. The van der Waals surface area contributed by atoms with Gasteiger partial charge in [-0.25, -0.2) is 9.59 Å². The molecule has 1 heterocycles. The summed E-state index contributed by atoms with van der Waals surface area (Å²) in [5.41, 5.74) is -0.655. The normalized spacial score (nSPS) is 24.9. The van der Waals surface area contributed by atoms with Gasteiger partial charge in [-0.2, -0.15) is 0 Å². The predicted molar refractivity (Wildman–Crippen MR) is 86.9 cm³/mol. The summed E-state index contributed by atoms with van der Waals surface area (Å²) in [4.78, 5) is 26.2. The highest BCUT2D eigenvalue weighted by molar-refractivity contribution is 5.83. The third kappa shape index (κ3) is 5.68. The zero-order valence-corrected chi connectivity index (χ0v) is 15.2. The summed E-state index contributed by atoms with van der Waals surface area (Å²) in [7, 11) is 0. The molecule has 0 radical (unpaired) electrons. The van der Waals surface area contributed by atoms with Crippen molar-refractivity contribution in [3.05, 3.63) is 0 Å². The summed E-state index contributed by atoms with van der Waals surface area (Å²) in [5, 5.41) is 10.3. The first kappa shape index (κ1) is 19.7. The summed E-state index contributed by atoms with van der Waals surface area (Å²) in [5.74, 6) is -0.559. The highest BCUT2D eigenvalue weighted by Crippen LogP contribution is 2.31. The molecule has 0 aromatic heterocycles. The van der Waals surface area contributed by atoms with Crippen molar-refractivity contribution in [3.63, 3.8) is 0 Å². The zero-order chi connectivity index (χ0) is 17.8. The quantitative estimate of drug-likeness (QED) is 0.785.